The van der Waals surface area contributed by atoms with Crippen LogP contribution in [0, 0.1) is 11.3 Å². The Morgan fingerprint density at radius 2 is 1.96 bits per heavy atom. The van der Waals surface area contributed by atoms with Crippen molar-refractivity contribution in [2.45, 2.75) is 43.7 Å². The summed E-state index contributed by atoms with van der Waals surface area (Å²) < 4.78 is 5.32. The zero-order chi connectivity index (χ0) is 19.3. The molecule has 0 atom stereocenters. The summed E-state index contributed by atoms with van der Waals surface area (Å²) in [6, 6.07) is 18.2. The van der Waals surface area contributed by atoms with Crippen molar-refractivity contribution in [3.05, 3.63) is 65.2 Å². The van der Waals surface area contributed by atoms with Crippen molar-refractivity contribution in [1.82, 2.24) is 5.32 Å². The molecule has 27 heavy (non-hydrogen) atoms. The van der Waals surface area contributed by atoms with E-state index in [1.54, 1.807) is 19.2 Å². The number of carbonyl (C=O) groups excluding carboxylic acids is 1. The number of primary amides is 1. The van der Waals surface area contributed by atoms with Gasteiger partial charge < -0.3 is 15.8 Å². The Bertz CT molecular complexity index is 831. The van der Waals surface area contributed by atoms with Gasteiger partial charge in [0.2, 0.25) is 5.91 Å². The number of hydrogen-bond acceptors (Lipinski definition) is 4. The number of nitrogens with two attached hydrogens (primary N) is 1. The van der Waals surface area contributed by atoms with Gasteiger partial charge in [0.25, 0.3) is 0 Å². The number of rotatable bonds is 6. The van der Waals surface area contributed by atoms with Crippen LogP contribution in [0.1, 0.15) is 47.2 Å². The molecule has 2 aromatic carbocycles. The minimum Gasteiger partial charge on any atom is -0.497 e. The third-order valence-corrected chi connectivity index (χ3v) is 5.51. The van der Waals surface area contributed by atoms with Crippen LogP contribution in [0.25, 0.3) is 0 Å². The molecule has 1 aliphatic rings. The van der Waals surface area contributed by atoms with Crippen molar-refractivity contribution in [2.24, 2.45) is 5.73 Å². The topological polar surface area (TPSA) is 88.1 Å². The lowest BCUT2D eigenvalue weighted by atomic mass is 9.69. The summed E-state index contributed by atoms with van der Waals surface area (Å²) in [7, 11) is 1.65. The number of nitriles is 1. The highest BCUT2D eigenvalue weighted by Crippen LogP contribution is 2.40. The second-order valence-corrected chi connectivity index (χ2v) is 7.14. The third kappa shape index (κ3) is 4.29. The van der Waals surface area contributed by atoms with Crippen molar-refractivity contribution in [2.75, 3.05) is 7.11 Å². The predicted molar refractivity (Wildman–Crippen MR) is 104 cm³/mol. The lowest BCUT2D eigenvalue weighted by Crippen LogP contribution is -2.39. The average molecular weight is 363 g/mol. The predicted octanol–water partition coefficient (Wildman–Crippen LogP) is 3.29. The largest absolute Gasteiger partial charge is 0.497 e. The SMILES string of the molecule is COc1cccc([C@]2(C#N)CC[C@H](NCc3ccc(C(N)=O)cc3)CC2)c1. The summed E-state index contributed by atoms with van der Waals surface area (Å²) in [6.07, 6.45) is 3.55. The van der Waals surface area contributed by atoms with E-state index in [2.05, 4.69) is 11.4 Å². The zero-order valence-corrected chi connectivity index (χ0v) is 15.6. The smallest absolute Gasteiger partial charge is 0.248 e. The molecule has 0 saturated heterocycles. The summed E-state index contributed by atoms with van der Waals surface area (Å²) in [5.74, 6) is 0.383. The van der Waals surface area contributed by atoms with Gasteiger partial charge in [0.1, 0.15) is 5.75 Å². The lowest BCUT2D eigenvalue weighted by Gasteiger charge is -2.36. The maximum atomic E-state index is 11.1. The fraction of sp³-hybridized carbons (Fsp3) is 0.364. The molecule has 0 aromatic heterocycles. The molecule has 1 saturated carbocycles. The van der Waals surface area contributed by atoms with Gasteiger partial charge in [0, 0.05) is 18.2 Å². The highest BCUT2D eigenvalue weighted by Gasteiger charge is 2.37. The molecule has 5 nitrogen and oxygen atoms in total. The molecule has 1 aliphatic carbocycles. The molecule has 3 N–H and O–H groups in total. The van der Waals surface area contributed by atoms with Gasteiger partial charge in [-0.2, -0.15) is 5.26 Å². The third-order valence-electron chi connectivity index (χ3n) is 5.51. The molecule has 0 radical (unpaired) electrons. The molecule has 1 fully saturated rings. The number of amides is 1. The lowest BCUT2D eigenvalue weighted by molar-refractivity contribution is 0.100. The first-order chi connectivity index (χ1) is 13.1. The number of nitrogens with zero attached hydrogens (tertiary/aromatic N) is 1. The minimum atomic E-state index is -0.435. The Morgan fingerprint density at radius 3 is 2.56 bits per heavy atom. The number of methoxy groups -OCH3 is 1. The van der Waals surface area contributed by atoms with E-state index in [0.717, 1.165) is 49.1 Å². The van der Waals surface area contributed by atoms with E-state index in [0.29, 0.717) is 11.6 Å². The fourth-order valence-corrected chi connectivity index (χ4v) is 3.75. The van der Waals surface area contributed by atoms with Crippen molar-refractivity contribution in [3.8, 4) is 11.8 Å². The summed E-state index contributed by atoms with van der Waals surface area (Å²) >= 11 is 0. The van der Waals surface area contributed by atoms with Crippen molar-refractivity contribution in [1.29, 1.82) is 5.26 Å². The van der Waals surface area contributed by atoms with Crippen LogP contribution in [0.15, 0.2) is 48.5 Å². The maximum absolute atomic E-state index is 11.1. The molecule has 0 aliphatic heterocycles. The first-order valence-corrected chi connectivity index (χ1v) is 9.24. The van der Waals surface area contributed by atoms with Crippen LogP contribution in [0.2, 0.25) is 0 Å². The Hall–Kier alpha value is -2.84. The Morgan fingerprint density at radius 1 is 1.26 bits per heavy atom. The van der Waals surface area contributed by atoms with Crippen LogP contribution in [-0.4, -0.2) is 19.1 Å². The molecule has 5 heteroatoms. The van der Waals surface area contributed by atoms with Gasteiger partial charge in [-0.1, -0.05) is 24.3 Å². The van der Waals surface area contributed by atoms with Crippen LogP contribution in [0.5, 0.6) is 5.75 Å². The van der Waals surface area contributed by atoms with E-state index >= 15 is 0 Å². The summed E-state index contributed by atoms with van der Waals surface area (Å²) in [5.41, 5.74) is 7.52. The number of carbonyl (C=O) groups is 1. The second kappa shape index (κ2) is 8.24. The van der Waals surface area contributed by atoms with E-state index in [4.69, 9.17) is 10.5 Å². The van der Waals surface area contributed by atoms with E-state index in [1.807, 2.05) is 36.4 Å². The Balaban J connectivity index is 1.59. The first kappa shape index (κ1) is 18.9. The monoisotopic (exact) mass is 363 g/mol. The first-order valence-electron chi connectivity index (χ1n) is 9.24. The van der Waals surface area contributed by atoms with E-state index in [1.165, 1.54) is 0 Å². The van der Waals surface area contributed by atoms with Gasteiger partial charge in [0.15, 0.2) is 0 Å². The van der Waals surface area contributed by atoms with Gasteiger partial charge in [0.05, 0.1) is 18.6 Å². The van der Waals surface area contributed by atoms with Crippen LogP contribution in [-0.2, 0) is 12.0 Å². The van der Waals surface area contributed by atoms with Gasteiger partial charge in [-0.05, 0) is 61.1 Å². The summed E-state index contributed by atoms with van der Waals surface area (Å²) in [4.78, 5) is 11.1. The van der Waals surface area contributed by atoms with E-state index in [-0.39, 0.29) is 0 Å². The molecule has 3 rings (SSSR count). The van der Waals surface area contributed by atoms with Crippen LogP contribution < -0.4 is 15.8 Å². The highest BCUT2D eigenvalue weighted by atomic mass is 16.5. The Labute approximate surface area is 160 Å². The molecule has 0 spiro atoms. The van der Waals surface area contributed by atoms with E-state index in [9.17, 15) is 10.1 Å². The molecule has 140 valence electrons. The van der Waals surface area contributed by atoms with Gasteiger partial charge in [-0.3, -0.25) is 4.79 Å². The molecule has 1 amide bonds. The molecule has 0 bridgehead atoms. The van der Waals surface area contributed by atoms with Crippen molar-refractivity contribution in [3.63, 3.8) is 0 Å². The average Bonchev–Trinajstić information content (AvgIpc) is 2.73. The van der Waals surface area contributed by atoms with Crippen molar-refractivity contribution < 1.29 is 9.53 Å². The number of benzene rings is 2. The normalized spacial score (nSPS) is 22.0. The molecule has 2 aromatic rings. The minimum absolute atomic E-state index is 0.382. The summed E-state index contributed by atoms with van der Waals surface area (Å²) in [6.45, 7) is 0.739. The van der Waals surface area contributed by atoms with E-state index < -0.39 is 11.3 Å². The standard InChI is InChI=1S/C22H25N3O2/c1-27-20-4-2-3-18(13-20)22(15-23)11-9-19(10-12-22)25-14-16-5-7-17(8-6-16)21(24)26/h2-8,13,19,25H,9-12,14H2,1H3,(H2,24,26)/t19-,22+. The van der Waals surface area contributed by atoms with Crippen molar-refractivity contribution >= 4 is 5.91 Å². The fourth-order valence-electron chi connectivity index (χ4n) is 3.75. The van der Waals surface area contributed by atoms with Gasteiger partial charge >= 0.3 is 0 Å². The van der Waals surface area contributed by atoms with Crippen LogP contribution in [0.4, 0.5) is 0 Å². The maximum Gasteiger partial charge on any atom is 0.248 e. The zero-order valence-electron chi connectivity index (χ0n) is 15.6. The van der Waals surface area contributed by atoms with Gasteiger partial charge in [-0.15, -0.1) is 0 Å². The molecule has 0 heterocycles. The molecular formula is C22H25N3O2. The highest BCUT2D eigenvalue weighted by molar-refractivity contribution is 5.92. The van der Waals surface area contributed by atoms with Crippen LogP contribution in [0.3, 0.4) is 0 Å². The number of hydrogen-bond donors (Lipinski definition) is 2. The Kier molecular flexibility index (Phi) is 5.78. The molecule has 0 unspecified atom stereocenters. The number of nitrogens with one attached hydrogen (secondary N) is 1. The number of ether oxygens (including phenoxy) is 1. The quantitative estimate of drug-likeness (QED) is 0.824. The van der Waals surface area contributed by atoms with Crippen LogP contribution >= 0.6 is 0 Å². The van der Waals surface area contributed by atoms with Gasteiger partial charge in [-0.25, -0.2) is 0 Å². The molecular weight excluding hydrogens is 338 g/mol. The second-order valence-electron chi connectivity index (χ2n) is 7.14. The summed E-state index contributed by atoms with van der Waals surface area (Å²) in [5, 5.41) is 13.4.